The number of rotatable bonds is 7. The highest BCUT2D eigenvalue weighted by atomic mass is 19.1. The maximum Gasteiger partial charge on any atom is 0.270 e. The second-order valence-corrected chi connectivity index (χ2v) is 7.32. The molecule has 0 saturated carbocycles. The highest BCUT2D eigenvalue weighted by molar-refractivity contribution is 6.00. The monoisotopic (exact) mass is 430 g/mol. The number of aromatic nitrogens is 1. The van der Waals surface area contributed by atoms with Crippen molar-refractivity contribution in [3.63, 3.8) is 0 Å². The molecule has 0 aliphatic carbocycles. The zero-order valence-electron chi connectivity index (χ0n) is 17.6. The second kappa shape index (κ2) is 10.3. The van der Waals surface area contributed by atoms with E-state index in [9.17, 15) is 9.18 Å². The van der Waals surface area contributed by atoms with Crippen LogP contribution in [0.15, 0.2) is 35.4 Å². The standard InChI is InChI=1S/C21H27FN6O3/c1-13-7-15(3-4-18(13)22)10-25-21(29)19-9-16(8-14(2)26-19)20(23)27-28(24)11-17-12-30-5-6-31-17/h3-4,7-9,17H,5-6,10-12,24H2,1-2H3,(H2,23,27)(H,25,29). The van der Waals surface area contributed by atoms with Crippen molar-refractivity contribution in [3.8, 4) is 0 Å². The van der Waals surface area contributed by atoms with Crippen molar-refractivity contribution in [1.29, 1.82) is 0 Å². The SMILES string of the molecule is Cc1cc(/C(N)=N/N(N)CC2COCCO2)cc(C(=O)NCc2ccc(F)c(C)c2)n1. The molecule has 0 spiro atoms. The number of hydrogen-bond acceptors (Lipinski definition) is 7. The molecular formula is C21H27FN6O3. The number of carbonyl (C=O) groups is 1. The summed E-state index contributed by atoms with van der Waals surface area (Å²) in [5.74, 6) is 5.41. The number of amidine groups is 1. The van der Waals surface area contributed by atoms with Crippen LogP contribution in [0.2, 0.25) is 0 Å². The minimum atomic E-state index is -0.378. The maximum atomic E-state index is 13.4. The van der Waals surface area contributed by atoms with Gasteiger partial charge in [0.2, 0.25) is 0 Å². The van der Waals surface area contributed by atoms with E-state index in [4.69, 9.17) is 21.1 Å². The van der Waals surface area contributed by atoms with Crippen LogP contribution >= 0.6 is 0 Å². The van der Waals surface area contributed by atoms with Crippen LogP contribution in [0.4, 0.5) is 4.39 Å². The first-order valence-corrected chi connectivity index (χ1v) is 9.90. The van der Waals surface area contributed by atoms with E-state index in [2.05, 4.69) is 15.4 Å². The number of carbonyl (C=O) groups excluding carboxylic acids is 1. The number of aryl methyl sites for hydroxylation is 2. The zero-order valence-corrected chi connectivity index (χ0v) is 17.6. The molecule has 1 aromatic carbocycles. The van der Waals surface area contributed by atoms with Crippen molar-refractivity contribution < 1.29 is 18.7 Å². The van der Waals surface area contributed by atoms with Gasteiger partial charge < -0.3 is 20.5 Å². The average molecular weight is 430 g/mol. The quantitative estimate of drug-likeness (QED) is 0.258. The van der Waals surface area contributed by atoms with E-state index < -0.39 is 0 Å². The minimum absolute atomic E-state index is 0.146. The molecule has 1 saturated heterocycles. The van der Waals surface area contributed by atoms with Gasteiger partial charge in [0.15, 0.2) is 5.84 Å². The highest BCUT2D eigenvalue weighted by Crippen LogP contribution is 2.10. The number of nitrogens with two attached hydrogens (primary N) is 2. The summed E-state index contributed by atoms with van der Waals surface area (Å²) in [5.41, 5.74) is 8.72. The summed E-state index contributed by atoms with van der Waals surface area (Å²) in [6.07, 6.45) is -0.189. The number of pyridine rings is 1. The van der Waals surface area contributed by atoms with Gasteiger partial charge in [-0.3, -0.25) is 4.79 Å². The fraction of sp³-hybridized carbons (Fsp3) is 0.381. The second-order valence-electron chi connectivity index (χ2n) is 7.32. The van der Waals surface area contributed by atoms with Crippen molar-refractivity contribution in [1.82, 2.24) is 15.4 Å². The van der Waals surface area contributed by atoms with Crippen molar-refractivity contribution >= 4 is 11.7 Å². The molecule has 0 bridgehead atoms. The lowest BCUT2D eigenvalue weighted by Crippen LogP contribution is -2.41. The Hall–Kier alpha value is -3.08. The third-order valence-corrected chi connectivity index (χ3v) is 4.67. The van der Waals surface area contributed by atoms with Crippen LogP contribution < -0.4 is 16.9 Å². The molecule has 3 rings (SSSR count). The van der Waals surface area contributed by atoms with Gasteiger partial charge in [-0.1, -0.05) is 12.1 Å². The lowest BCUT2D eigenvalue weighted by molar-refractivity contribution is -0.0976. The number of hydrazine groups is 1. The topological polar surface area (TPSA) is 128 Å². The van der Waals surface area contributed by atoms with Crippen LogP contribution in [0.1, 0.15) is 32.9 Å². The molecule has 1 aliphatic heterocycles. The number of ether oxygens (including phenoxy) is 2. The highest BCUT2D eigenvalue weighted by Gasteiger charge is 2.17. The molecule has 10 heteroatoms. The Balaban J connectivity index is 1.66. The Labute approximate surface area is 180 Å². The van der Waals surface area contributed by atoms with Crippen molar-refractivity contribution in [2.24, 2.45) is 16.7 Å². The van der Waals surface area contributed by atoms with E-state index in [1.165, 1.54) is 11.2 Å². The predicted octanol–water partition coefficient (Wildman–Crippen LogP) is 0.979. The Bertz CT molecular complexity index is 962. The molecule has 2 heterocycles. The summed E-state index contributed by atoms with van der Waals surface area (Å²) < 4.78 is 24.3. The van der Waals surface area contributed by atoms with Crippen LogP contribution in [0.25, 0.3) is 0 Å². The van der Waals surface area contributed by atoms with Gasteiger partial charge >= 0.3 is 0 Å². The largest absolute Gasteiger partial charge is 0.382 e. The summed E-state index contributed by atoms with van der Waals surface area (Å²) in [7, 11) is 0. The summed E-state index contributed by atoms with van der Waals surface area (Å²) >= 11 is 0. The first-order chi connectivity index (χ1) is 14.8. The number of nitrogens with one attached hydrogen (secondary N) is 1. The number of amides is 1. The zero-order chi connectivity index (χ0) is 22.4. The third-order valence-electron chi connectivity index (χ3n) is 4.67. The number of hydrogen-bond donors (Lipinski definition) is 3. The first-order valence-electron chi connectivity index (χ1n) is 9.90. The maximum absolute atomic E-state index is 13.4. The lowest BCUT2D eigenvalue weighted by Gasteiger charge is -2.25. The van der Waals surface area contributed by atoms with E-state index >= 15 is 0 Å². The Kier molecular flexibility index (Phi) is 7.50. The van der Waals surface area contributed by atoms with Gasteiger partial charge in [-0.05, 0) is 43.2 Å². The fourth-order valence-corrected chi connectivity index (χ4v) is 3.11. The van der Waals surface area contributed by atoms with Gasteiger partial charge in [0.25, 0.3) is 5.91 Å². The molecule has 5 N–H and O–H groups in total. The smallest absolute Gasteiger partial charge is 0.270 e. The van der Waals surface area contributed by atoms with Crippen molar-refractivity contribution in [3.05, 3.63) is 64.2 Å². The summed E-state index contributed by atoms with van der Waals surface area (Å²) in [4.78, 5) is 16.9. The third kappa shape index (κ3) is 6.45. The fourth-order valence-electron chi connectivity index (χ4n) is 3.11. The van der Waals surface area contributed by atoms with E-state index in [1.807, 2.05) is 0 Å². The molecule has 9 nitrogen and oxygen atoms in total. The lowest BCUT2D eigenvalue weighted by atomic mass is 10.1. The molecule has 1 atom stereocenters. The Morgan fingerprint density at radius 3 is 2.84 bits per heavy atom. The van der Waals surface area contributed by atoms with Gasteiger partial charge in [-0.2, -0.15) is 0 Å². The molecule has 1 fully saturated rings. The number of halogens is 1. The van der Waals surface area contributed by atoms with Crippen molar-refractivity contribution in [2.75, 3.05) is 26.4 Å². The molecule has 0 radical (unpaired) electrons. The van der Waals surface area contributed by atoms with E-state index in [0.29, 0.717) is 43.2 Å². The van der Waals surface area contributed by atoms with Gasteiger partial charge in [-0.25, -0.2) is 20.3 Å². The molecule has 1 unspecified atom stereocenters. The molecule has 1 amide bonds. The minimum Gasteiger partial charge on any atom is -0.382 e. The average Bonchev–Trinajstić information content (AvgIpc) is 2.74. The number of benzene rings is 1. The van der Waals surface area contributed by atoms with E-state index in [-0.39, 0.29) is 35.9 Å². The Morgan fingerprint density at radius 2 is 2.13 bits per heavy atom. The van der Waals surface area contributed by atoms with Gasteiger partial charge in [-0.15, -0.1) is 5.10 Å². The normalized spacial score (nSPS) is 16.8. The van der Waals surface area contributed by atoms with Crippen LogP contribution in [0.5, 0.6) is 0 Å². The van der Waals surface area contributed by atoms with Gasteiger partial charge in [0.05, 0.1) is 26.4 Å². The number of nitrogens with zero attached hydrogens (tertiary/aromatic N) is 3. The number of hydrazone groups is 1. The molecule has 1 aliphatic rings. The molecule has 31 heavy (non-hydrogen) atoms. The van der Waals surface area contributed by atoms with Crippen LogP contribution in [-0.2, 0) is 16.0 Å². The predicted molar refractivity (Wildman–Crippen MR) is 113 cm³/mol. The summed E-state index contributed by atoms with van der Waals surface area (Å²) in [5, 5.41) is 8.14. The first kappa shape index (κ1) is 22.6. The van der Waals surface area contributed by atoms with E-state index in [0.717, 1.165) is 5.56 Å². The van der Waals surface area contributed by atoms with Crippen LogP contribution in [0.3, 0.4) is 0 Å². The Morgan fingerprint density at radius 1 is 1.32 bits per heavy atom. The molecule has 2 aromatic rings. The summed E-state index contributed by atoms with van der Waals surface area (Å²) in [6, 6.07) is 7.95. The van der Waals surface area contributed by atoms with Crippen LogP contribution in [-0.4, -0.2) is 54.3 Å². The van der Waals surface area contributed by atoms with Crippen molar-refractivity contribution in [2.45, 2.75) is 26.5 Å². The van der Waals surface area contributed by atoms with E-state index in [1.54, 1.807) is 38.1 Å². The van der Waals surface area contributed by atoms with Gasteiger partial charge in [0.1, 0.15) is 17.6 Å². The molecule has 1 aromatic heterocycles. The summed E-state index contributed by atoms with van der Waals surface area (Å²) in [6.45, 7) is 5.50. The molecular weight excluding hydrogens is 403 g/mol. The van der Waals surface area contributed by atoms with Gasteiger partial charge in [0, 0.05) is 17.8 Å². The van der Waals surface area contributed by atoms with Crippen LogP contribution in [0, 0.1) is 19.7 Å². The molecule has 166 valence electrons.